The third-order valence-electron chi connectivity index (χ3n) is 4.86. The highest BCUT2D eigenvalue weighted by Crippen LogP contribution is 2.47. The molecule has 1 fully saturated rings. The Hall–Kier alpha value is -2.73. The zero-order chi connectivity index (χ0) is 18.9. The van der Waals surface area contributed by atoms with E-state index in [2.05, 4.69) is 10.6 Å². The molecule has 27 heavy (non-hydrogen) atoms. The molecule has 1 aliphatic carbocycles. The molecule has 2 amide bonds. The Balaban J connectivity index is 1.32. The second kappa shape index (κ2) is 7.12. The molecule has 2 aromatic rings. The van der Waals surface area contributed by atoms with Crippen molar-refractivity contribution in [2.45, 2.75) is 19.3 Å². The van der Waals surface area contributed by atoms with E-state index in [1.54, 1.807) is 18.2 Å². The Morgan fingerprint density at radius 1 is 1.00 bits per heavy atom. The van der Waals surface area contributed by atoms with Crippen LogP contribution in [0.1, 0.15) is 18.4 Å². The smallest absolute Gasteiger partial charge is 0.240 e. The number of fused-ring (bicyclic) bond motifs is 1. The van der Waals surface area contributed by atoms with E-state index in [1.165, 1.54) is 0 Å². The summed E-state index contributed by atoms with van der Waals surface area (Å²) in [6.45, 7) is 0.645. The maximum Gasteiger partial charge on any atom is 0.240 e. The number of anilines is 1. The van der Waals surface area contributed by atoms with E-state index in [0.717, 1.165) is 5.56 Å². The van der Waals surface area contributed by atoms with Gasteiger partial charge in [0, 0.05) is 23.3 Å². The van der Waals surface area contributed by atoms with Crippen LogP contribution in [0, 0.1) is 5.41 Å². The summed E-state index contributed by atoms with van der Waals surface area (Å²) in [4.78, 5) is 25.2. The van der Waals surface area contributed by atoms with Crippen molar-refractivity contribution in [1.82, 2.24) is 5.32 Å². The average molecular weight is 387 g/mol. The molecule has 140 valence electrons. The van der Waals surface area contributed by atoms with Crippen LogP contribution < -0.4 is 20.1 Å². The zero-order valence-electron chi connectivity index (χ0n) is 14.6. The lowest BCUT2D eigenvalue weighted by Crippen LogP contribution is -2.40. The summed E-state index contributed by atoms with van der Waals surface area (Å²) in [5.41, 5.74) is 0.690. The molecule has 0 bridgehead atoms. The molecular formula is C20H19ClN2O4. The molecular weight excluding hydrogens is 368 g/mol. The predicted molar refractivity (Wildman–Crippen MR) is 101 cm³/mol. The summed E-state index contributed by atoms with van der Waals surface area (Å²) in [5.74, 6) is 0.721. The topological polar surface area (TPSA) is 76.7 Å². The number of benzene rings is 2. The summed E-state index contributed by atoms with van der Waals surface area (Å²) in [6.07, 6.45) is 1.79. The fourth-order valence-corrected chi connectivity index (χ4v) is 3.17. The number of halogens is 1. The molecule has 1 aliphatic heterocycles. The van der Waals surface area contributed by atoms with Crippen LogP contribution in [0.2, 0.25) is 5.02 Å². The van der Waals surface area contributed by atoms with Crippen LogP contribution in [-0.4, -0.2) is 25.2 Å². The highest BCUT2D eigenvalue weighted by Gasteiger charge is 2.56. The molecule has 0 atom stereocenters. The maximum atomic E-state index is 12.7. The van der Waals surface area contributed by atoms with Crippen molar-refractivity contribution in [3.8, 4) is 11.5 Å². The first kappa shape index (κ1) is 17.7. The van der Waals surface area contributed by atoms with Gasteiger partial charge in [-0.05, 0) is 49.1 Å². The number of ether oxygens (including phenoxy) is 2. The fraction of sp³-hybridized carbons (Fsp3) is 0.300. The second-order valence-electron chi connectivity index (χ2n) is 6.74. The van der Waals surface area contributed by atoms with Crippen molar-refractivity contribution < 1.29 is 19.1 Å². The molecule has 0 radical (unpaired) electrons. The molecule has 0 aromatic heterocycles. The number of carbonyl (C=O) groups excluding carboxylic acids is 2. The molecule has 2 aromatic carbocycles. The first-order valence-electron chi connectivity index (χ1n) is 8.81. The summed E-state index contributed by atoms with van der Waals surface area (Å²) < 4.78 is 10.6. The molecule has 6 nitrogen and oxygen atoms in total. The highest BCUT2D eigenvalue weighted by molar-refractivity contribution is 6.30. The number of nitrogens with one attached hydrogen (secondary N) is 2. The molecule has 2 aliphatic rings. The van der Waals surface area contributed by atoms with E-state index in [-0.39, 0.29) is 18.6 Å². The molecule has 7 heteroatoms. The lowest BCUT2D eigenvalue weighted by atomic mass is 10.0. The molecule has 0 spiro atoms. The second-order valence-corrected chi connectivity index (χ2v) is 7.17. The zero-order valence-corrected chi connectivity index (χ0v) is 15.3. The Morgan fingerprint density at radius 2 is 1.74 bits per heavy atom. The van der Waals surface area contributed by atoms with Crippen LogP contribution in [0.4, 0.5) is 5.69 Å². The van der Waals surface area contributed by atoms with Gasteiger partial charge in [-0.3, -0.25) is 9.59 Å². The first-order chi connectivity index (χ1) is 13.1. The quantitative estimate of drug-likeness (QED) is 0.748. The molecule has 2 N–H and O–H groups in total. The molecule has 4 rings (SSSR count). The van der Waals surface area contributed by atoms with Gasteiger partial charge < -0.3 is 20.1 Å². The van der Waals surface area contributed by atoms with E-state index >= 15 is 0 Å². The van der Waals surface area contributed by atoms with Gasteiger partial charge in [-0.15, -0.1) is 0 Å². The SMILES string of the molecule is O=C(NCCc1ccc(Cl)cc1)C1(C(=O)Nc2ccc3c(c2)OCO3)CC1. The van der Waals surface area contributed by atoms with E-state index in [4.69, 9.17) is 21.1 Å². The fourth-order valence-electron chi connectivity index (χ4n) is 3.05. The molecule has 0 saturated heterocycles. The highest BCUT2D eigenvalue weighted by atomic mass is 35.5. The van der Waals surface area contributed by atoms with Gasteiger partial charge in [-0.25, -0.2) is 0 Å². The van der Waals surface area contributed by atoms with Crippen molar-refractivity contribution in [2.75, 3.05) is 18.7 Å². The van der Waals surface area contributed by atoms with Gasteiger partial charge in [0.2, 0.25) is 18.6 Å². The van der Waals surface area contributed by atoms with Gasteiger partial charge in [0.1, 0.15) is 5.41 Å². The number of amides is 2. The van der Waals surface area contributed by atoms with Gasteiger partial charge in [0.25, 0.3) is 0 Å². The van der Waals surface area contributed by atoms with Crippen LogP contribution in [0.25, 0.3) is 0 Å². The van der Waals surface area contributed by atoms with Gasteiger partial charge in [-0.1, -0.05) is 23.7 Å². The minimum absolute atomic E-state index is 0.173. The number of hydrogen-bond donors (Lipinski definition) is 2. The van der Waals surface area contributed by atoms with Crippen molar-refractivity contribution in [2.24, 2.45) is 5.41 Å². The van der Waals surface area contributed by atoms with E-state index in [1.807, 2.05) is 24.3 Å². The Kier molecular flexibility index (Phi) is 4.66. The first-order valence-corrected chi connectivity index (χ1v) is 9.18. The third kappa shape index (κ3) is 3.71. The maximum absolute atomic E-state index is 12.7. The lowest BCUT2D eigenvalue weighted by molar-refractivity contribution is -0.134. The van der Waals surface area contributed by atoms with Crippen LogP contribution in [0.3, 0.4) is 0 Å². The monoisotopic (exact) mass is 386 g/mol. The van der Waals surface area contributed by atoms with Crippen LogP contribution in [0.5, 0.6) is 11.5 Å². The minimum atomic E-state index is -0.976. The summed E-state index contributed by atoms with van der Waals surface area (Å²) in [6, 6.07) is 12.7. The van der Waals surface area contributed by atoms with E-state index in [0.29, 0.717) is 48.0 Å². The number of hydrogen-bond acceptors (Lipinski definition) is 4. The Bertz CT molecular complexity index is 878. The van der Waals surface area contributed by atoms with Crippen LogP contribution >= 0.6 is 11.6 Å². The predicted octanol–water partition coefficient (Wildman–Crippen LogP) is 3.15. The van der Waals surface area contributed by atoms with Gasteiger partial charge >= 0.3 is 0 Å². The summed E-state index contributed by atoms with van der Waals surface area (Å²) in [7, 11) is 0. The van der Waals surface area contributed by atoms with Gasteiger partial charge in [-0.2, -0.15) is 0 Å². The standard InChI is InChI=1S/C20H19ClN2O4/c21-14-3-1-13(2-4-14)7-10-22-18(24)20(8-9-20)19(25)23-15-5-6-16-17(11-15)27-12-26-16/h1-6,11H,7-10,12H2,(H,22,24)(H,23,25). The van der Waals surface area contributed by atoms with Gasteiger partial charge in [0.15, 0.2) is 11.5 Å². The summed E-state index contributed by atoms with van der Waals surface area (Å²) >= 11 is 5.87. The third-order valence-corrected chi connectivity index (χ3v) is 5.11. The van der Waals surface area contributed by atoms with Gasteiger partial charge in [0.05, 0.1) is 0 Å². The Labute approximate surface area is 161 Å². The summed E-state index contributed by atoms with van der Waals surface area (Å²) in [5, 5.41) is 6.38. The molecule has 1 saturated carbocycles. The van der Waals surface area contributed by atoms with Crippen molar-refractivity contribution >= 4 is 29.1 Å². The van der Waals surface area contributed by atoms with Crippen molar-refractivity contribution in [3.05, 3.63) is 53.1 Å². The van der Waals surface area contributed by atoms with Crippen molar-refractivity contribution in [1.29, 1.82) is 0 Å². The Morgan fingerprint density at radius 3 is 2.48 bits per heavy atom. The normalized spacial score (nSPS) is 15.9. The van der Waals surface area contributed by atoms with E-state index in [9.17, 15) is 9.59 Å². The molecule has 0 unspecified atom stereocenters. The largest absolute Gasteiger partial charge is 0.454 e. The van der Waals surface area contributed by atoms with Crippen LogP contribution in [-0.2, 0) is 16.0 Å². The average Bonchev–Trinajstić information content (AvgIpc) is 3.36. The van der Waals surface area contributed by atoms with Crippen LogP contribution in [0.15, 0.2) is 42.5 Å². The number of carbonyl (C=O) groups is 2. The minimum Gasteiger partial charge on any atom is -0.454 e. The number of rotatable bonds is 6. The van der Waals surface area contributed by atoms with Crippen molar-refractivity contribution in [3.63, 3.8) is 0 Å². The molecule has 1 heterocycles. The lowest BCUT2D eigenvalue weighted by Gasteiger charge is -2.15. The van der Waals surface area contributed by atoms with E-state index < -0.39 is 5.41 Å².